The number of rotatable bonds is 1. The zero-order valence-corrected chi connectivity index (χ0v) is 10.2. The summed E-state index contributed by atoms with van der Waals surface area (Å²) in [6, 6.07) is 4.45. The zero-order valence-electron chi connectivity index (χ0n) is 8.60. The van der Waals surface area contributed by atoms with Crippen LogP contribution in [0.15, 0.2) is 16.6 Å². The molecule has 2 rings (SSSR count). The molecule has 0 radical (unpaired) electrons. The van der Waals surface area contributed by atoms with Crippen LogP contribution >= 0.6 is 15.9 Å². The summed E-state index contributed by atoms with van der Waals surface area (Å²) in [6.07, 6.45) is 0.201. The normalized spacial score (nSPS) is 24.6. The summed E-state index contributed by atoms with van der Waals surface area (Å²) in [5, 5.41) is 3.28. The van der Waals surface area contributed by atoms with Gasteiger partial charge in [0.05, 0.1) is 6.04 Å². The van der Waals surface area contributed by atoms with Gasteiger partial charge in [0, 0.05) is 10.0 Å². The highest BCUT2D eigenvalue weighted by Crippen LogP contribution is 2.42. The molecule has 3 heteroatoms. The summed E-state index contributed by atoms with van der Waals surface area (Å²) in [6.45, 7) is 4.17. The molecule has 1 N–H and O–H groups in total. The quantitative estimate of drug-likeness (QED) is 0.834. The van der Waals surface area contributed by atoms with E-state index in [1.807, 2.05) is 7.05 Å². The molecular weight excluding hydrogens is 242 g/mol. The number of nitrogens with one attached hydrogen (secondary N) is 1. The molecule has 2 unspecified atom stereocenters. The average Bonchev–Trinajstić information content (AvgIpc) is 2.50. The van der Waals surface area contributed by atoms with Gasteiger partial charge in [0.2, 0.25) is 0 Å². The van der Waals surface area contributed by atoms with Crippen molar-refractivity contribution in [3.63, 3.8) is 0 Å². The Labute approximate surface area is 92.8 Å². The van der Waals surface area contributed by atoms with Gasteiger partial charge in [0.1, 0.15) is 11.9 Å². The molecule has 2 nitrogen and oxygen atoms in total. The Morgan fingerprint density at radius 2 is 2.14 bits per heavy atom. The van der Waals surface area contributed by atoms with Crippen LogP contribution in [0.2, 0.25) is 0 Å². The van der Waals surface area contributed by atoms with E-state index in [0.717, 1.165) is 10.2 Å². The Hall–Kier alpha value is -0.540. The van der Waals surface area contributed by atoms with Crippen molar-refractivity contribution < 1.29 is 4.74 Å². The third-order valence-electron chi connectivity index (χ3n) is 2.73. The lowest BCUT2D eigenvalue weighted by molar-refractivity contribution is 0.213. The lowest BCUT2D eigenvalue weighted by Crippen LogP contribution is -2.25. The van der Waals surface area contributed by atoms with Gasteiger partial charge in [0.25, 0.3) is 0 Å². The van der Waals surface area contributed by atoms with Crippen molar-refractivity contribution in [2.24, 2.45) is 0 Å². The van der Waals surface area contributed by atoms with E-state index < -0.39 is 0 Å². The molecule has 14 heavy (non-hydrogen) atoms. The van der Waals surface area contributed by atoms with Crippen LogP contribution in [0, 0.1) is 6.92 Å². The molecule has 1 aliphatic rings. The first-order chi connectivity index (χ1) is 6.65. The molecule has 1 aromatic carbocycles. The second kappa shape index (κ2) is 3.55. The summed E-state index contributed by atoms with van der Waals surface area (Å²) in [5.41, 5.74) is 2.45. The first-order valence-corrected chi connectivity index (χ1v) is 5.57. The number of halogens is 1. The second-order valence-corrected chi connectivity index (χ2v) is 4.55. The number of ether oxygens (including phenoxy) is 1. The molecule has 1 aromatic rings. The van der Waals surface area contributed by atoms with Crippen LogP contribution in [-0.4, -0.2) is 13.2 Å². The highest BCUT2D eigenvalue weighted by molar-refractivity contribution is 9.10. The standard InChI is InChI=1S/C11H14BrNO/c1-6-4-5-8(12)9-10(13-3)7(2)14-11(6)9/h4-5,7,10,13H,1-3H3. The van der Waals surface area contributed by atoms with Gasteiger partial charge in [-0.1, -0.05) is 22.0 Å². The third-order valence-corrected chi connectivity index (χ3v) is 3.43. The zero-order chi connectivity index (χ0) is 10.3. The van der Waals surface area contributed by atoms with E-state index in [1.54, 1.807) is 0 Å². The predicted octanol–water partition coefficient (Wildman–Crippen LogP) is 2.80. The molecule has 0 aliphatic carbocycles. The van der Waals surface area contributed by atoms with Crippen molar-refractivity contribution in [1.29, 1.82) is 0 Å². The fourth-order valence-corrected chi connectivity index (χ4v) is 2.56. The molecular formula is C11H14BrNO. The molecule has 0 amide bonds. The van der Waals surface area contributed by atoms with Crippen LogP contribution in [0.5, 0.6) is 5.75 Å². The minimum Gasteiger partial charge on any atom is -0.488 e. The summed E-state index contributed by atoms with van der Waals surface area (Å²) in [5.74, 6) is 1.03. The van der Waals surface area contributed by atoms with Crippen molar-refractivity contribution >= 4 is 15.9 Å². The third kappa shape index (κ3) is 1.35. The van der Waals surface area contributed by atoms with Gasteiger partial charge < -0.3 is 10.1 Å². The largest absolute Gasteiger partial charge is 0.488 e. The Kier molecular flexibility index (Phi) is 2.54. The van der Waals surface area contributed by atoms with Gasteiger partial charge in [-0.25, -0.2) is 0 Å². The predicted molar refractivity (Wildman–Crippen MR) is 60.8 cm³/mol. The number of aryl methyl sites for hydroxylation is 1. The molecule has 1 aliphatic heterocycles. The van der Waals surface area contributed by atoms with Crippen molar-refractivity contribution in [1.82, 2.24) is 5.32 Å². The number of hydrogen-bond donors (Lipinski definition) is 1. The minimum atomic E-state index is 0.201. The summed E-state index contributed by atoms with van der Waals surface area (Å²) >= 11 is 3.57. The Morgan fingerprint density at radius 1 is 1.43 bits per heavy atom. The lowest BCUT2D eigenvalue weighted by Gasteiger charge is -2.13. The number of likely N-dealkylation sites (N-methyl/N-ethyl adjacent to an activating group) is 1. The van der Waals surface area contributed by atoms with Crippen molar-refractivity contribution in [3.8, 4) is 5.75 Å². The SMILES string of the molecule is CNC1c2c(Br)ccc(C)c2OC1C. The van der Waals surface area contributed by atoms with E-state index in [9.17, 15) is 0 Å². The summed E-state index contributed by atoms with van der Waals surface area (Å²) in [4.78, 5) is 0. The lowest BCUT2D eigenvalue weighted by atomic mass is 10.0. The Balaban J connectivity index is 2.57. The monoisotopic (exact) mass is 255 g/mol. The van der Waals surface area contributed by atoms with Crippen LogP contribution in [0.1, 0.15) is 24.1 Å². The van der Waals surface area contributed by atoms with Crippen LogP contribution in [-0.2, 0) is 0 Å². The highest BCUT2D eigenvalue weighted by Gasteiger charge is 2.32. The van der Waals surface area contributed by atoms with Gasteiger partial charge in [-0.3, -0.25) is 0 Å². The van der Waals surface area contributed by atoms with Crippen molar-refractivity contribution in [3.05, 3.63) is 27.7 Å². The maximum absolute atomic E-state index is 5.83. The van der Waals surface area contributed by atoms with Gasteiger partial charge in [0.15, 0.2) is 0 Å². The number of fused-ring (bicyclic) bond motifs is 1. The van der Waals surface area contributed by atoms with Crippen molar-refractivity contribution in [2.75, 3.05) is 7.05 Å². The van der Waals surface area contributed by atoms with E-state index in [4.69, 9.17) is 4.74 Å². The molecule has 0 spiro atoms. The van der Waals surface area contributed by atoms with Gasteiger partial charge in [-0.05, 0) is 32.5 Å². The first-order valence-electron chi connectivity index (χ1n) is 4.78. The Bertz CT molecular complexity index is 365. The van der Waals surface area contributed by atoms with Gasteiger partial charge in [-0.15, -0.1) is 0 Å². The highest BCUT2D eigenvalue weighted by atomic mass is 79.9. The molecule has 2 atom stereocenters. The molecule has 0 saturated carbocycles. The maximum Gasteiger partial charge on any atom is 0.128 e. The summed E-state index contributed by atoms with van der Waals surface area (Å²) in [7, 11) is 1.97. The molecule has 0 fully saturated rings. The number of hydrogen-bond acceptors (Lipinski definition) is 2. The van der Waals surface area contributed by atoms with Crippen LogP contribution in [0.3, 0.4) is 0 Å². The first kappa shape index (κ1) is 9.99. The van der Waals surface area contributed by atoms with Crippen LogP contribution in [0.4, 0.5) is 0 Å². The molecule has 0 saturated heterocycles. The fourth-order valence-electron chi connectivity index (χ4n) is 2.00. The average molecular weight is 256 g/mol. The van der Waals surface area contributed by atoms with E-state index in [2.05, 4.69) is 47.2 Å². The van der Waals surface area contributed by atoms with Crippen LogP contribution in [0.25, 0.3) is 0 Å². The molecule has 0 bridgehead atoms. The maximum atomic E-state index is 5.83. The van der Waals surface area contributed by atoms with E-state index >= 15 is 0 Å². The Morgan fingerprint density at radius 3 is 2.79 bits per heavy atom. The number of benzene rings is 1. The molecule has 76 valence electrons. The van der Waals surface area contributed by atoms with Crippen LogP contribution < -0.4 is 10.1 Å². The smallest absolute Gasteiger partial charge is 0.128 e. The van der Waals surface area contributed by atoms with E-state index in [0.29, 0.717) is 6.04 Å². The minimum absolute atomic E-state index is 0.201. The molecule has 0 aromatic heterocycles. The fraction of sp³-hybridized carbons (Fsp3) is 0.455. The van der Waals surface area contributed by atoms with Gasteiger partial charge >= 0.3 is 0 Å². The van der Waals surface area contributed by atoms with E-state index in [1.165, 1.54) is 11.1 Å². The topological polar surface area (TPSA) is 21.3 Å². The van der Waals surface area contributed by atoms with Gasteiger partial charge in [-0.2, -0.15) is 0 Å². The van der Waals surface area contributed by atoms with Crippen molar-refractivity contribution in [2.45, 2.75) is 26.0 Å². The summed E-state index contributed by atoms with van der Waals surface area (Å²) < 4.78 is 6.96. The second-order valence-electron chi connectivity index (χ2n) is 3.70. The van der Waals surface area contributed by atoms with E-state index in [-0.39, 0.29) is 6.10 Å². The molecule has 1 heterocycles.